The van der Waals surface area contributed by atoms with Gasteiger partial charge < -0.3 is 15.0 Å². The van der Waals surface area contributed by atoms with E-state index < -0.39 is 7.12 Å². The molecular weight excluding hydrogens is 239 g/mol. The molecule has 0 unspecified atom stereocenters. The average molecular weight is 252 g/mol. The van der Waals surface area contributed by atoms with Crippen LogP contribution in [0.15, 0.2) is 42.5 Å². The monoisotopic (exact) mass is 252 g/mol. The van der Waals surface area contributed by atoms with Gasteiger partial charge in [-0.25, -0.2) is 4.98 Å². The number of hydrogen-bond donors (Lipinski definition) is 3. The number of rotatable bonds is 2. The minimum atomic E-state index is -1.44. The fourth-order valence-electron chi connectivity index (χ4n) is 2.20. The van der Waals surface area contributed by atoms with Crippen LogP contribution in [0.1, 0.15) is 5.56 Å². The third-order valence-corrected chi connectivity index (χ3v) is 3.21. The molecule has 5 heteroatoms. The van der Waals surface area contributed by atoms with Crippen molar-refractivity contribution >= 4 is 23.6 Å². The Balaban J connectivity index is 2.09. The summed E-state index contributed by atoms with van der Waals surface area (Å²) in [5.41, 5.74) is 4.17. The molecule has 2 aromatic carbocycles. The Morgan fingerprint density at radius 3 is 2.58 bits per heavy atom. The number of nitrogens with one attached hydrogen (secondary N) is 1. The van der Waals surface area contributed by atoms with E-state index in [1.165, 1.54) is 0 Å². The van der Waals surface area contributed by atoms with E-state index >= 15 is 0 Å². The van der Waals surface area contributed by atoms with Crippen LogP contribution >= 0.6 is 0 Å². The third-order valence-electron chi connectivity index (χ3n) is 3.21. The predicted molar refractivity (Wildman–Crippen MR) is 76.1 cm³/mol. The van der Waals surface area contributed by atoms with Gasteiger partial charge in [-0.1, -0.05) is 29.8 Å². The van der Waals surface area contributed by atoms with E-state index in [9.17, 15) is 10.0 Å². The van der Waals surface area contributed by atoms with Crippen LogP contribution in [0.3, 0.4) is 0 Å². The van der Waals surface area contributed by atoms with E-state index in [4.69, 9.17) is 0 Å². The fourth-order valence-corrected chi connectivity index (χ4v) is 2.20. The van der Waals surface area contributed by atoms with Crippen molar-refractivity contribution in [3.63, 3.8) is 0 Å². The number of aromatic nitrogens is 2. The zero-order valence-corrected chi connectivity index (χ0v) is 10.5. The second kappa shape index (κ2) is 4.53. The lowest BCUT2D eigenvalue weighted by Crippen LogP contribution is -2.31. The molecular formula is C14H13BN2O2. The first-order valence-electron chi connectivity index (χ1n) is 6.07. The summed E-state index contributed by atoms with van der Waals surface area (Å²) < 4.78 is 0. The summed E-state index contributed by atoms with van der Waals surface area (Å²) >= 11 is 0. The summed E-state index contributed by atoms with van der Waals surface area (Å²) in [6, 6.07) is 13.3. The van der Waals surface area contributed by atoms with Gasteiger partial charge in [-0.15, -0.1) is 0 Å². The second-order valence-electron chi connectivity index (χ2n) is 4.55. The van der Waals surface area contributed by atoms with Gasteiger partial charge in [0.2, 0.25) is 0 Å². The minimum absolute atomic E-state index is 0.514. The number of benzene rings is 2. The van der Waals surface area contributed by atoms with Gasteiger partial charge in [0.15, 0.2) is 0 Å². The van der Waals surface area contributed by atoms with Crippen LogP contribution in [-0.2, 0) is 0 Å². The van der Waals surface area contributed by atoms with Crippen molar-refractivity contribution in [1.82, 2.24) is 9.97 Å². The summed E-state index contributed by atoms with van der Waals surface area (Å²) in [5, 5.41) is 18.4. The van der Waals surface area contributed by atoms with Gasteiger partial charge in [-0.3, -0.25) is 0 Å². The molecule has 3 N–H and O–H groups in total. The number of hydrogen-bond acceptors (Lipinski definition) is 3. The molecule has 94 valence electrons. The van der Waals surface area contributed by atoms with Crippen molar-refractivity contribution in [3.05, 3.63) is 48.0 Å². The number of H-pyrrole nitrogens is 1. The van der Waals surface area contributed by atoms with Gasteiger partial charge in [0.25, 0.3) is 0 Å². The summed E-state index contributed by atoms with van der Waals surface area (Å²) in [6.45, 7) is 1.85. The second-order valence-corrected chi connectivity index (χ2v) is 4.55. The Morgan fingerprint density at radius 1 is 1.11 bits per heavy atom. The molecule has 0 saturated heterocycles. The largest absolute Gasteiger partial charge is 0.488 e. The van der Waals surface area contributed by atoms with Crippen LogP contribution in [0.25, 0.3) is 22.4 Å². The molecule has 0 bridgehead atoms. The summed E-state index contributed by atoms with van der Waals surface area (Å²) in [5.74, 6) is 0.781. The van der Waals surface area contributed by atoms with Crippen molar-refractivity contribution in [2.75, 3.05) is 0 Å². The third kappa shape index (κ3) is 2.14. The van der Waals surface area contributed by atoms with Gasteiger partial charge in [0, 0.05) is 5.56 Å². The summed E-state index contributed by atoms with van der Waals surface area (Å²) in [6.07, 6.45) is 0. The summed E-state index contributed by atoms with van der Waals surface area (Å²) in [4.78, 5) is 7.77. The first kappa shape index (κ1) is 12.0. The van der Waals surface area contributed by atoms with E-state index in [1.807, 2.05) is 43.3 Å². The Morgan fingerprint density at radius 2 is 1.89 bits per heavy atom. The molecule has 0 aliphatic rings. The number of fused-ring (bicyclic) bond motifs is 1. The van der Waals surface area contributed by atoms with E-state index in [2.05, 4.69) is 9.97 Å². The van der Waals surface area contributed by atoms with Crippen LogP contribution in [0.2, 0.25) is 0 Å². The van der Waals surface area contributed by atoms with Crippen LogP contribution in [0.4, 0.5) is 0 Å². The van der Waals surface area contributed by atoms with Crippen molar-refractivity contribution < 1.29 is 10.0 Å². The molecule has 4 nitrogen and oxygen atoms in total. The van der Waals surface area contributed by atoms with Crippen molar-refractivity contribution in [3.8, 4) is 11.4 Å². The lowest BCUT2D eigenvalue weighted by molar-refractivity contribution is 0.425. The topological polar surface area (TPSA) is 69.1 Å². The maximum atomic E-state index is 9.21. The molecule has 1 heterocycles. The maximum absolute atomic E-state index is 9.21. The van der Waals surface area contributed by atoms with Gasteiger partial charge in [0.05, 0.1) is 11.0 Å². The van der Waals surface area contributed by atoms with E-state index in [0.717, 1.165) is 28.0 Å². The molecule has 3 aromatic rings. The highest BCUT2D eigenvalue weighted by molar-refractivity contribution is 6.59. The van der Waals surface area contributed by atoms with Crippen LogP contribution < -0.4 is 5.46 Å². The molecule has 0 aliphatic carbocycles. The zero-order valence-electron chi connectivity index (χ0n) is 10.5. The molecule has 0 atom stereocenters. The Hall–Kier alpha value is -2.11. The average Bonchev–Trinajstić information content (AvgIpc) is 2.81. The van der Waals surface area contributed by atoms with Crippen molar-refractivity contribution in [2.24, 2.45) is 0 Å². The molecule has 0 spiro atoms. The van der Waals surface area contributed by atoms with Crippen molar-refractivity contribution in [2.45, 2.75) is 6.92 Å². The number of aromatic amines is 1. The molecule has 0 aliphatic heterocycles. The number of nitrogens with zero attached hydrogens (tertiary/aromatic N) is 1. The standard InChI is InChI=1S/C14H13BN2O2/c1-9-8-10(6-7-11(9)15(18)19)14-16-12-4-2-3-5-13(12)17-14/h2-8,18-19H,1H3,(H,16,17). The lowest BCUT2D eigenvalue weighted by atomic mass is 9.77. The normalized spacial score (nSPS) is 10.9. The lowest BCUT2D eigenvalue weighted by Gasteiger charge is -2.06. The van der Waals surface area contributed by atoms with Gasteiger partial charge in [-0.05, 0) is 30.6 Å². The van der Waals surface area contributed by atoms with E-state index in [1.54, 1.807) is 6.07 Å². The highest BCUT2D eigenvalue weighted by Crippen LogP contribution is 2.20. The predicted octanol–water partition coefficient (Wildman–Crippen LogP) is 1.22. The highest BCUT2D eigenvalue weighted by Gasteiger charge is 2.15. The van der Waals surface area contributed by atoms with Gasteiger partial charge >= 0.3 is 7.12 Å². The Labute approximate surface area is 110 Å². The molecule has 19 heavy (non-hydrogen) atoms. The molecule has 0 saturated carbocycles. The van der Waals surface area contributed by atoms with Crippen LogP contribution in [0.5, 0.6) is 0 Å². The number of imidazole rings is 1. The first-order chi connectivity index (χ1) is 9.15. The first-order valence-corrected chi connectivity index (χ1v) is 6.07. The summed E-state index contributed by atoms with van der Waals surface area (Å²) in [7, 11) is -1.44. The smallest absolute Gasteiger partial charge is 0.423 e. The Bertz CT molecular complexity index is 704. The van der Waals surface area contributed by atoms with E-state index in [0.29, 0.717) is 5.46 Å². The maximum Gasteiger partial charge on any atom is 0.488 e. The fraction of sp³-hybridized carbons (Fsp3) is 0.0714. The van der Waals surface area contributed by atoms with E-state index in [-0.39, 0.29) is 0 Å². The number of aryl methyl sites for hydroxylation is 1. The van der Waals surface area contributed by atoms with Crippen LogP contribution in [0, 0.1) is 6.92 Å². The quantitative estimate of drug-likeness (QED) is 0.600. The molecule has 0 radical (unpaired) electrons. The molecule has 0 fully saturated rings. The highest BCUT2D eigenvalue weighted by atomic mass is 16.4. The van der Waals surface area contributed by atoms with Crippen molar-refractivity contribution in [1.29, 1.82) is 0 Å². The van der Waals surface area contributed by atoms with Gasteiger partial charge in [0.1, 0.15) is 5.82 Å². The zero-order chi connectivity index (χ0) is 13.4. The molecule has 1 aromatic heterocycles. The molecule has 0 amide bonds. The van der Waals surface area contributed by atoms with Gasteiger partial charge in [-0.2, -0.15) is 0 Å². The SMILES string of the molecule is Cc1cc(-c2nc3ccccc3[nH]2)ccc1B(O)O. The Kier molecular flexibility index (Phi) is 2.85. The minimum Gasteiger partial charge on any atom is -0.423 e. The van der Waals surface area contributed by atoms with Crippen LogP contribution in [-0.4, -0.2) is 27.1 Å². The molecule has 3 rings (SSSR count). The number of para-hydroxylation sites is 2.